The monoisotopic (exact) mass is 411 g/mol. The number of benzene rings is 2. The van der Waals surface area contributed by atoms with Crippen molar-refractivity contribution in [2.75, 3.05) is 26.2 Å². The van der Waals surface area contributed by atoms with Gasteiger partial charge < -0.3 is 4.90 Å². The standard InChI is InChI=1S/C17H15F2N3O5S/c18-13-2-4-14(5-3-13)28(26,27)21-9-7-20(8-10-21)17(23)12-1-6-15(19)16(11-12)22(24)25/h1-6,11H,7-10H2. The lowest BCUT2D eigenvalue weighted by Crippen LogP contribution is -2.50. The second-order valence-electron chi connectivity index (χ2n) is 6.07. The number of rotatable bonds is 4. The van der Waals surface area contributed by atoms with Crippen LogP contribution in [0.25, 0.3) is 0 Å². The van der Waals surface area contributed by atoms with E-state index in [4.69, 9.17) is 0 Å². The molecule has 3 rings (SSSR count). The molecule has 1 saturated heterocycles. The molecule has 0 bridgehead atoms. The number of hydrogen-bond donors (Lipinski definition) is 0. The van der Waals surface area contributed by atoms with Crippen LogP contribution >= 0.6 is 0 Å². The van der Waals surface area contributed by atoms with Gasteiger partial charge in [0.2, 0.25) is 15.8 Å². The molecule has 0 aromatic heterocycles. The summed E-state index contributed by atoms with van der Waals surface area (Å²) in [6.45, 7) is 0.137. The van der Waals surface area contributed by atoms with E-state index in [1.54, 1.807) is 0 Å². The maximum atomic E-state index is 13.4. The number of amides is 1. The molecular formula is C17H15F2N3O5S. The number of sulfonamides is 1. The number of nitro groups is 1. The van der Waals surface area contributed by atoms with Gasteiger partial charge in [-0.05, 0) is 36.4 Å². The van der Waals surface area contributed by atoms with Gasteiger partial charge in [0.1, 0.15) is 5.82 Å². The lowest BCUT2D eigenvalue weighted by molar-refractivity contribution is -0.387. The van der Waals surface area contributed by atoms with Gasteiger partial charge in [-0.2, -0.15) is 8.70 Å². The summed E-state index contributed by atoms with van der Waals surface area (Å²) in [5.41, 5.74) is -0.855. The van der Waals surface area contributed by atoms with Crippen LogP contribution < -0.4 is 0 Å². The first kappa shape index (κ1) is 19.8. The van der Waals surface area contributed by atoms with E-state index in [0.29, 0.717) is 0 Å². The van der Waals surface area contributed by atoms with Gasteiger partial charge in [-0.15, -0.1) is 0 Å². The van der Waals surface area contributed by atoms with Crippen molar-refractivity contribution in [3.63, 3.8) is 0 Å². The molecule has 1 amide bonds. The molecule has 28 heavy (non-hydrogen) atoms. The zero-order valence-corrected chi connectivity index (χ0v) is 15.2. The summed E-state index contributed by atoms with van der Waals surface area (Å²) < 4.78 is 52.8. The first-order valence-corrected chi connectivity index (χ1v) is 9.63. The van der Waals surface area contributed by atoms with Crippen LogP contribution in [0.2, 0.25) is 0 Å². The highest BCUT2D eigenvalue weighted by Crippen LogP contribution is 2.22. The minimum Gasteiger partial charge on any atom is -0.336 e. The smallest absolute Gasteiger partial charge is 0.305 e. The molecule has 148 valence electrons. The van der Waals surface area contributed by atoms with Crippen LogP contribution in [0.15, 0.2) is 47.4 Å². The minimum absolute atomic E-state index is 0.00867. The Hall–Kier alpha value is -2.92. The average Bonchev–Trinajstić information content (AvgIpc) is 2.68. The summed E-state index contributed by atoms with van der Waals surface area (Å²) in [5.74, 6) is -2.15. The number of hydrogen-bond acceptors (Lipinski definition) is 5. The maximum absolute atomic E-state index is 13.4. The molecule has 0 spiro atoms. The molecule has 0 atom stereocenters. The van der Waals surface area contributed by atoms with Crippen molar-refractivity contribution in [2.45, 2.75) is 4.90 Å². The van der Waals surface area contributed by atoms with Gasteiger partial charge in [0.15, 0.2) is 0 Å². The van der Waals surface area contributed by atoms with Crippen LogP contribution in [0.3, 0.4) is 0 Å². The quantitative estimate of drug-likeness (QED) is 0.566. The average molecular weight is 411 g/mol. The Morgan fingerprint density at radius 2 is 1.61 bits per heavy atom. The number of carbonyl (C=O) groups excluding carboxylic acids is 1. The fourth-order valence-electron chi connectivity index (χ4n) is 2.86. The van der Waals surface area contributed by atoms with E-state index in [0.717, 1.165) is 30.3 Å². The molecule has 1 aliphatic rings. The molecule has 0 saturated carbocycles. The molecule has 1 heterocycles. The molecule has 11 heteroatoms. The van der Waals surface area contributed by atoms with Crippen molar-refractivity contribution >= 4 is 21.6 Å². The van der Waals surface area contributed by atoms with Crippen molar-refractivity contribution < 1.29 is 26.9 Å². The van der Waals surface area contributed by atoms with E-state index in [1.807, 2.05) is 0 Å². The third kappa shape index (κ3) is 3.85. The normalized spacial score (nSPS) is 15.4. The first-order chi connectivity index (χ1) is 13.2. The highest BCUT2D eigenvalue weighted by molar-refractivity contribution is 7.89. The highest BCUT2D eigenvalue weighted by Gasteiger charge is 2.31. The second kappa shape index (κ2) is 7.60. The van der Waals surface area contributed by atoms with E-state index < -0.39 is 38.2 Å². The van der Waals surface area contributed by atoms with Crippen molar-refractivity contribution in [1.29, 1.82) is 0 Å². The Labute approximate surface area is 159 Å². The molecule has 0 aliphatic carbocycles. The number of carbonyl (C=O) groups is 1. The first-order valence-electron chi connectivity index (χ1n) is 8.19. The van der Waals surface area contributed by atoms with Crippen LogP contribution in [-0.2, 0) is 10.0 Å². The van der Waals surface area contributed by atoms with Gasteiger partial charge in [-0.1, -0.05) is 0 Å². The van der Waals surface area contributed by atoms with Gasteiger partial charge in [0.05, 0.1) is 9.82 Å². The fraction of sp³-hybridized carbons (Fsp3) is 0.235. The SMILES string of the molecule is O=C(c1ccc(F)c([N+](=O)[O-])c1)N1CCN(S(=O)(=O)c2ccc(F)cc2)CC1. The van der Waals surface area contributed by atoms with Crippen molar-refractivity contribution in [3.8, 4) is 0 Å². The predicted octanol–water partition coefficient (Wildman–Crippen LogP) is 2.02. The lowest BCUT2D eigenvalue weighted by Gasteiger charge is -2.34. The summed E-state index contributed by atoms with van der Waals surface area (Å²) in [7, 11) is -3.83. The second-order valence-corrected chi connectivity index (χ2v) is 8.01. The Morgan fingerprint density at radius 1 is 1.00 bits per heavy atom. The van der Waals surface area contributed by atoms with Gasteiger partial charge in [0, 0.05) is 37.8 Å². The van der Waals surface area contributed by atoms with E-state index in [2.05, 4.69) is 0 Å². The fourth-order valence-corrected chi connectivity index (χ4v) is 4.28. The number of piperazine rings is 1. The number of nitrogens with zero attached hydrogens (tertiary/aromatic N) is 3. The van der Waals surface area contributed by atoms with Gasteiger partial charge in [-0.3, -0.25) is 14.9 Å². The van der Waals surface area contributed by atoms with E-state index in [-0.39, 0.29) is 36.6 Å². The lowest BCUT2D eigenvalue weighted by atomic mass is 10.1. The molecule has 1 aliphatic heterocycles. The molecule has 0 unspecified atom stereocenters. The molecular weight excluding hydrogens is 396 g/mol. The maximum Gasteiger partial charge on any atom is 0.305 e. The Bertz CT molecular complexity index is 1020. The van der Waals surface area contributed by atoms with Gasteiger partial charge in [-0.25, -0.2) is 12.8 Å². The molecule has 2 aromatic rings. The van der Waals surface area contributed by atoms with Crippen LogP contribution in [0, 0.1) is 21.7 Å². The zero-order valence-electron chi connectivity index (χ0n) is 14.4. The third-order valence-electron chi connectivity index (χ3n) is 4.37. The number of nitro benzene ring substituents is 1. The van der Waals surface area contributed by atoms with E-state index >= 15 is 0 Å². The number of halogens is 2. The van der Waals surface area contributed by atoms with E-state index in [1.165, 1.54) is 21.3 Å². The van der Waals surface area contributed by atoms with Crippen molar-refractivity contribution in [1.82, 2.24) is 9.21 Å². The summed E-state index contributed by atoms with van der Waals surface area (Å²) in [6.07, 6.45) is 0. The Kier molecular flexibility index (Phi) is 5.38. The molecule has 2 aromatic carbocycles. The van der Waals surface area contributed by atoms with Crippen LogP contribution in [0.4, 0.5) is 14.5 Å². The van der Waals surface area contributed by atoms with Crippen molar-refractivity contribution in [2.24, 2.45) is 0 Å². The largest absolute Gasteiger partial charge is 0.336 e. The van der Waals surface area contributed by atoms with Crippen LogP contribution in [-0.4, -0.2) is 54.6 Å². The minimum atomic E-state index is -3.83. The third-order valence-corrected chi connectivity index (χ3v) is 6.28. The summed E-state index contributed by atoms with van der Waals surface area (Å²) in [4.78, 5) is 23.7. The summed E-state index contributed by atoms with van der Waals surface area (Å²) in [6, 6.07) is 7.29. The zero-order chi connectivity index (χ0) is 20.5. The Balaban J connectivity index is 1.71. The van der Waals surface area contributed by atoms with Crippen LogP contribution in [0.5, 0.6) is 0 Å². The van der Waals surface area contributed by atoms with Crippen LogP contribution in [0.1, 0.15) is 10.4 Å². The topological polar surface area (TPSA) is 101 Å². The molecule has 1 fully saturated rings. The van der Waals surface area contributed by atoms with Gasteiger partial charge >= 0.3 is 5.69 Å². The summed E-state index contributed by atoms with van der Waals surface area (Å²) >= 11 is 0. The Morgan fingerprint density at radius 3 is 2.18 bits per heavy atom. The van der Waals surface area contributed by atoms with Crippen molar-refractivity contribution in [3.05, 3.63) is 69.8 Å². The molecule has 0 radical (unpaired) electrons. The van der Waals surface area contributed by atoms with Gasteiger partial charge in [0.25, 0.3) is 5.91 Å². The van der Waals surface area contributed by atoms with E-state index in [9.17, 15) is 32.1 Å². The predicted molar refractivity (Wildman–Crippen MR) is 94.1 cm³/mol. The molecule has 0 N–H and O–H groups in total. The molecule has 8 nitrogen and oxygen atoms in total. The summed E-state index contributed by atoms with van der Waals surface area (Å²) in [5, 5.41) is 10.8. The highest BCUT2D eigenvalue weighted by atomic mass is 32.2.